The molecule has 1 aromatic carbocycles. The van der Waals surface area contributed by atoms with Crippen LogP contribution in [-0.4, -0.2) is 36.0 Å². The van der Waals surface area contributed by atoms with Gasteiger partial charge in [0.05, 0.1) is 18.7 Å². The highest BCUT2D eigenvalue weighted by molar-refractivity contribution is 6.08. The summed E-state index contributed by atoms with van der Waals surface area (Å²) >= 11 is 0. The largest absolute Gasteiger partial charge is 0.464 e. The molecular formula is C15H14F3NO2. The van der Waals surface area contributed by atoms with Crippen LogP contribution in [-0.2, 0) is 0 Å². The van der Waals surface area contributed by atoms with Crippen LogP contribution in [0.1, 0.15) is 23.2 Å². The number of carbonyl (C=O) groups excluding carboxylic acids is 1. The van der Waals surface area contributed by atoms with E-state index in [1.807, 2.05) is 0 Å². The Kier molecular flexibility index (Phi) is 3.49. The molecule has 0 atom stereocenters. The summed E-state index contributed by atoms with van der Waals surface area (Å²) in [5.41, 5.74) is 0.910. The smallest absolute Gasteiger partial charge is 0.401 e. The topological polar surface area (TPSA) is 33.5 Å². The number of Topliss-reactive ketones (excluding diaryl/α,β-unsaturated/α-hetero) is 1. The molecular weight excluding hydrogens is 283 g/mol. The monoisotopic (exact) mass is 297 g/mol. The molecule has 0 spiro atoms. The lowest BCUT2D eigenvalue weighted by Crippen LogP contribution is -2.39. The van der Waals surface area contributed by atoms with Gasteiger partial charge in [0.1, 0.15) is 11.8 Å². The van der Waals surface area contributed by atoms with Crippen molar-refractivity contribution in [2.24, 2.45) is 0 Å². The fourth-order valence-corrected chi connectivity index (χ4v) is 2.45. The van der Waals surface area contributed by atoms with Crippen LogP contribution in [0.25, 0.3) is 11.0 Å². The minimum Gasteiger partial charge on any atom is -0.464 e. The number of halogens is 3. The van der Waals surface area contributed by atoms with Crippen molar-refractivity contribution in [3.63, 3.8) is 0 Å². The van der Waals surface area contributed by atoms with Crippen molar-refractivity contribution < 1.29 is 22.4 Å². The Morgan fingerprint density at radius 2 is 2.00 bits per heavy atom. The molecule has 3 rings (SSSR count). The highest BCUT2D eigenvalue weighted by Gasteiger charge is 2.39. The number of rotatable bonds is 5. The molecule has 0 aliphatic heterocycles. The van der Waals surface area contributed by atoms with Crippen molar-refractivity contribution in [2.45, 2.75) is 25.1 Å². The maximum atomic E-state index is 12.6. The number of hydrogen-bond acceptors (Lipinski definition) is 3. The second-order valence-corrected chi connectivity index (χ2v) is 5.32. The van der Waals surface area contributed by atoms with Crippen molar-refractivity contribution >= 4 is 16.8 Å². The number of fused-ring (bicyclic) bond motifs is 1. The molecule has 0 N–H and O–H groups in total. The van der Waals surface area contributed by atoms with Crippen LogP contribution in [0.4, 0.5) is 13.2 Å². The normalized spacial score (nSPS) is 15.8. The number of alkyl halides is 3. The van der Waals surface area contributed by atoms with Crippen molar-refractivity contribution in [3.05, 3.63) is 36.1 Å². The van der Waals surface area contributed by atoms with Gasteiger partial charge in [0.2, 0.25) is 0 Å². The standard InChI is InChI=1S/C15H14F3NO2/c16-15(17,18)9-19(10-5-6-10)7-13(20)12-8-21-14-4-2-1-3-11(12)14/h1-4,8,10H,5-7,9H2. The maximum Gasteiger partial charge on any atom is 0.401 e. The lowest BCUT2D eigenvalue weighted by molar-refractivity contribution is -0.145. The van der Waals surface area contributed by atoms with E-state index < -0.39 is 12.7 Å². The lowest BCUT2D eigenvalue weighted by atomic mass is 10.1. The molecule has 6 heteroatoms. The van der Waals surface area contributed by atoms with Crippen molar-refractivity contribution in [2.75, 3.05) is 13.1 Å². The predicted octanol–water partition coefficient (Wildman–Crippen LogP) is 3.64. The van der Waals surface area contributed by atoms with Crippen molar-refractivity contribution in [1.82, 2.24) is 4.90 Å². The molecule has 2 aromatic rings. The summed E-state index contributed by atoms with van der Waals surface area (Å²) in [4.78, 5) is 13.5. The Balaban J connectivity index is 1.78. The summed E-state index contributed by atoms with van der Waals surface area (Å²) in [6.45, 7) is -1.27. The van der Waals surface area contributed by atoms with E-state index in [0.29, 0.717) is 16.5 Å². The van der Waals surface area contributed by atoms with Crippen LogP contribution in [0.3, 0.4) is 0 Å². The Morgan fingerprint density at radius 1 is 1.29 bits per heavy atom. The summed E-state index contributed by atoms with van der Waals surface area (Å²) in [6.07, 6.45) is -1.53. The van der Waals surface area contributed by atoms with Crippen molar-refractivity contribution in [3.8, 4) is 0 Å². The molecule has 1 aromatic heterocycles. The third kappa shape index (κ3) is 3.26. The molecule has 3 nitrogen and oxygen atoms in total. The lowest BCUT2D eigenvalue weighted by Gasteiger charge is -2.22. The predicted molar refractivity (Wildman–Crippen MR) is 71.2 cm³/mol. The van der Waals surface area contributed by atoms with Crippen LogP contribution in [0, 0.1) is 0 Å². The molecule has 0 unspecified atom stereocenters. The number of benzene rings is 1. The number of furan rings is 1. The maximum absolute atomic E-state index is 12.6. The molecule has 0 radical (unpaired) electrons. The third-order valence-corrected chi connectivity index (χ3v) is 3.57. The fraction of sp³-hybridized carbons (Fsp3) is 0.400. The number of ketones is 1. The Morgan fingerprint density at radius 3 is 2.67 bits per heavy atom. The van der Waals surface area contributed by atoms with E-state index >= 15 is 0 Å². The molecule has 1 saturated carbocycles. The van der Waals surface area contributed by atoms with E-state index in [2.05, 4.69) is 0 Å². The second-order valence-electron chi connectivity index (χ2n) is 5.32. The Bertz CT molecular complexity index is 658. The first-order chi connectivity index (χ1) is 9.94. The average Bonchev–Trinajstić information content (AvgIpc) is 3.16. The number of nitrogens with zero attached hydrogens (tertiary/aromatic N) is 1. The van der Waals surface area contributed by atoms with E-state index in [4.69, 9.17) is 4.42 Å². The van der Waals surface area contributed by atoms with Crippen LogP contribution in [0.2, 0.25) is 0 Å². The van der Waals surface area contributed by atoms with E-state index in [9.17, 15) is 18.0 Å². The molecule has 0 saturated heterocycles. The first-order valence-electron chi connectivity index (χ1n) is 6.74. The van der Waals surface area contributed by atoms with Gasteiger partial charge in [0.25, 0.3) is 0 Å². The molecule has 0 bridgehead atoms. The molecule has 112 valence electrons. The first kappa shape index (κ1) is 14.1. The number of hydrogen-bond donors (Lipinski definition) is 0. The molecule has 0 amide bonds. The van der Waals surface area contributed by atoms with E-state index in [-0.39, 0.29) is 18.4 Å². The van der Waals surface area contributed by atoms with Gasteiger partial charge in [-0.2, -0.15) is 13.2 Å². The Hall–Kier alpha value is -1.82. The highest BCUT2D eigenvalue weighted by Crippen LogP contribution is 2.30. The minimum absolute atomic E-state index is 0.131. The van der Waals surface area contributed by atoms with Gasteiger partial charge in [-0.05, 0) is 18.9 Å². The first-order valence-corrected chi connectivity index (χ1v) is 6.74. The minimum atomic E-state index is -4.29. The molecule has 1 aliphatic carbocycles. The van der Waals surface area contributed by atoms with E-state index in [1.165, 1.54) is 11.2 Å². The van der Waals surface area contributed by atoms with Crippen LogP contribution in [0.15, 0.2) is 34.9 Å². The van der Waals surface area contributed by atoms with Gasteiger partial charge >= 0.3 is 6.18 Å². The summed E-state index contributed by atoms with van der Waals surface area (Å²) in [6, 6.07) is 6.87. The fourth-order valence-electron chi connectivity index (χ4n) is 2.45. The number of carbonyl (C=O) groups is 1. The molecule has 1 aliphatic rings. The summed E-state index contributed by atoms with van der Waals surface area (Å²) in [7, 11) is 0. The summed E-state index contributed by atoms with van der Waals surface area (Å²) in [5, 5.41) is 0.644. The number of para-hydroxylation sites is 1. The van der Waals surface area contributed by atoms with Gasteiger partial charge in [0.15, 0.2) is 5.78 Å². The molecule has 21 heavy (non-hydrogen) atoms. The van der Waals surface area contributed by atoms with Crippen LogP contribution < -0.4 is 0 Å². The van der Waals surface area contributed by atoms with E-state index in [0.717, 1.165) is 12.8 Å². The third-order valence-electron chi connectivity index (χ3n) is 3.57. The van der Waals surface area contributed by atoms with Gasteiger partial charge in [-0.1, -0.05) is 18.2 Å². The zero-order chi connectivity index (χ0) is 15.0. The summed E-state index contributed by atoms with van der Waals surface area (Å²) < 4.78 is 43.0. The van der Waals surface area contributed by atoms with Gasteiger partial charge in [-0.25, -0.2) is 0 Å². The summed E-state index contributed by atoms with van der Waals surface area (Å²) in [5.74, 6) is -0.337. The second kappa shape index (κ2) is 5.18. The van der Waals surface area contributed by atoms with Gasteiger partial charge in [-0.15, -0.1) is 0 Å². The Labute approximate surface area is 119 Å². The highest BCUT2D eigenvalue weighted by atomic mass is 19.4. The van der Waals surface area contributed by atoms with Crippen LogP contribution in [0.5, 0.6) is 0 Å². The quantitative estimate of drug-likeness (QED) is 0.790. The molecule has 1 fully saturated rings. The van der Waals surface area contributed by atoms with Gasteiger partial charge in [-0.3, -0.25) is 9.69 Å². The molecule has 1 heterocycles. The average molecular weight is 297 g/mol. The van der Waals surface area contributed by atoms with E-state index in [1.54, 1.807) is 24.3 Å². The van der Waals surface area contributed by atoms with Gasteiger partial charge in [0, 0.05) is 11.4 Å². The SMILES string of the molecule is O=C(CN(CC(F)(F)F)C1CC1)c1coc2ccccc12. The zero-order valence-corrected chi connectivity index (χ0v) is 11.2. The van der Waals surface area contributed by atoms with Gasteiger partial charge < -0.3 is 4.42 Å². The van der Waals surface area contributed by atoms with Crippen molar-refractivity contribution in [1.29, 1.82) is 0 Å². The zero-order valence-electron chi connectivity index (χ0n) is 11.2. The van der Waals surface area contributed by atoms with Crippen LogP contribution >= 0.6 is 0 Å².